The molecule has 0 aromatic heterocycles. The molecule has 2 rings (SSSR count). The Morgan fingerprint density at radius 3 is 2.42 bits per heavy atom. The highest BCUT2D eigenvalue weighted by molar-refractivity contribution is 7.92. The van der Waals surface area contributed by atoms with Crippen molar-refractivity contribution in [3.8, 4) is 0 Å². The van der Waals surface area contributed by atoms with Gasteiger partial charge in [-0.05, 0) is 38.7 Å². The summed E-state index contributed by atoms with van der Waals surface area (Å²) >= 11 is 5.79. The molecule has 2 unspecified atom stereocenters. The summed E-state index contributed by atoms with van der Waals surface area (Å²) in [6.07, 6.45) is 4.43. The molecule has 3 nitrogen and oxygen atoms in total. The molecular weight excluding hydrogens is 363 g/mol. The van der Waals surface area contributed by atoms with Crippen molar-refractivity contribution in [2.45, 2.75) is 16.9 Å². The van der Waals surface area contributed by atoms with E-state index in [1.807, 2.05) is 0 Å². The van der Waals surface area contributed by atoms with Gasteiger partial charge in [-0.2, -0.15) is 0 Å². The minimum absolute atomic E-state index is 0.0974. The van der Waals surface area contributed by atoms with Gasteiger partial charge < -0.3 is 4.90 Å². The maximum absolute atomic E-state index is 14.2. The van der Waals surface area contributed by atoms with Gasteiger partial charge in [-0.1, -0.05) is 23.8 Å². The number of nitrogens with zero attached hydrogens (tertiary/aromatic N) is 1. The molecule has 0 bridgehead atoms. The number of sulfone groups is 1. The number of hydrogen-bond acceptors (Lipinski definition) is 3. The molecule has 1 aliphatic carbocycles. The first-order valence-corrected chi connectivity index (χ1v) is 9.18. The third-order valence-electron chi connectivity index (χ3n) is 3.77. The van der Waals surface area contributed by atoms with Crippen molar-refractivity contribution in [1.82, 2.24) is 4.90 Å². The summed E-state index contributed by atoms with van der Waals surface area (Å²) < 4.78 is 67.7. The SMILES string of the molecule is CN(C)CC(c1c(F)ccc(F)c1F)S(=O)(=O)C1C=CC(Cl)=CC1. The quantitative estimate of drug-likeness (QED) is 0.734. The van der Waals surface area contributed by atoms with E-state index in [1.165, 1.54) is 23.1 Å². The predicted octanol–water partition coefficient (Wildman–Crippen LogP) is 3.57. The number of hydrogen-bond donors (Lipinski definition) is 0. The molecule has 0 fully saturated rings. The summed E-state index contributed by atoms with van der Waals surface area (Å²) in [5.41, 5.74) is -0.766. The Morgan fingerprint density at radius 2 is 1.88 bits per heavy atom. The fourth-order valence-electron chi connectivity index (χ4n) is 2.56. The van der Waals surface area contributed by atoms with Crippen molar-refractivity contribution in [2.24, 2.45) is 0 Å². The first kappa shape index (κ1) is 19.0. The van der Waals surface area contributed by atoms with Gasteiger partial charge in [0.25, 0.3) is 0 Å². The molecule has 0 heterocycles. The van der Waals surface area contributed by atoms with Crippen LogP contribution < -0.4 is 0 Å². The van der Waals surface area contributed by atoms with Crippen LogP contribution in [0.5, 0.6) is 0 Å². The lowest BCUT2D eigenvalue weighted by Gasteiger charge is -2.26. The van der Waals surface area contributed by atoms with Crippen LogP contribution in [-0.2, 0) is 9.84 Å². The van der Waals surface area contributed by atoms with Crippen molar-refractivity contribution in [1.29, 1.82) is 0 Å². The second kappa shape index (κ2) is 7.29. The average molecular weight is 380 g/mol. The Hall–Kier alpha value is -1.31. The van der Waals surface area contributed by atoms with Crippen molar-refractivity contribution < 1.29 is 21.6 Å². The fraction of sp³-hybridized carbons (Fsp3) is 0.375. The number of benzene rings is 1. The largest absolute Gasteiger partial charge is 0.308 e. The van der Waals surface area contributed by atoms with Crippen molar-refractivity contribution in [3.05, 3.63) is 58.4 Å². The Balaban J connectivity index is 2.54. The summed E-state index contributed by atoms with van der Waals surface area (Å²) in [5, 5.41) is -2.12. The Kier molecular flexibility index (Phi) is 5.78. The van der Waals surface area contributed by atoms with Crippen LogP contribution >= 0.6 is 11.6 Å². The van der Waals surface area contributed by atoms with E-state index in [2.05, 4.69) is 0 Å². The Morgan fingerprint density at radius 1 is 1.25 bits per heavy atom. The maximum atomic E-state index is 14.2. The molecule has 1 aromatic carbocycles. The van der Waals surface area contributed by atoms with Crippen LogP contribution in [0.2, 0.25) is 0 Å². The molecule has 0 saturated carbocycles. The predicted molar refractivity (Wildman–Crippen MR) is 88.0 cm³/mol. The lowest BCUT2D eigenvalue weighted by atomic mass is 10.1. The Bertz CT molecular complexity index is 791. The zero-order valence-electron chi connectivity index (χ0n) is 13.1. The molecule has 0 spiro atoms. The van der Waals surface area contributed by atoms with Gasteiger partial charge >= 0.3 is 0 Å². The fourth-order valence-corrected chi connectivity index (χ4v) is 4.85. The van der Waals surface area contributed by atoms with Crippen LogP contribution in [0, 0.1) is 17.5 Å². The summed E-state index contributed by atoms with van der Waals surface area (Å²) in [6.45, 7) is -0.179. The first-order chi connectivity index (χ1) is 11.1. The van der Waals surface area contributed by atoms with Gasteiger partial charge in [-0.25, -0.2) is 21.6 Å². The summed E-state index contributed by atoms with van der Waals surface area (Å²) in [6, 6.07) is 1.37. The van der Waals surface area contributed by atoms with Crippen molar-refractivity contribution in [3.63, 3.8) is 0 Å². The van der Waals surface area contributed by atoms with Crippen LogP contribution in [0.1, 0.15) is 17.2 Å². The topological polar surface area (TPSA) is 37.4 Å². The monoisotopic (exact) mass is 379 g/mol. The van der Waals surface area contributed by atoms with E-state index in [-0.39, 0.29) is 13.0 Å². The van der Waals surface area contributed by atoms with Crippen molar-refractivity contribution >= 4 is 21.4 Å². The minimum atomic E-state index is -4.04. The second-order valence-electron chi connectivity index (χ2n) is 5.82. The second-order valence-corrected chi connectivity index (χ2v) is 8.61. The molecule has 132 valence electrons. The zero-order chi connectivity index (χ0) is 18.1. The van der Waals surface area contributed by atoms with E-state index in [0.29, 0.717) is 11.1 Å². The van der Waals surface area contributed by atoms with E-state index in [0.717, 1.165) is 6.07 Å². The van der Waals surface area contributed by atoms with Gasteiger partial charge in [0.05, 0.1) is 5.25 Å². The van der Waals surface area contributed by atoms with E-state index >= 15 is 0 Å². The van der Waals surface area contributed by atoms with E-state index in [9.17, 15) is 21.6 Å². The maximum Gasteiger partial charge on any atom is 0.166 e. The van der Waals surface area contributed by atoms with Crippen LogP contribution in [0.3, 0.4) is 0 Å². The summed E-state index contributed by atoms with van der Waals surface area (Å²) in [5.74, 6) is -3.84. The first-order valence-electron chi connectivity index (χ1n) is 7.19. The lowest BCUT2D eigenvalue weighted by Crippen LogP contribution is -2.34. The van der Waals surface area contributed by atoms with Gasteiger partial charge in [0, 0.05) is 17.1 Å². The van der Waals surface area contributed by atoms with Gasteiger partial charge in [0.1, 0.15) is 11.1 Å². The summed E-state index contributed by atoms with van der Waals surface area (Å²) in [7, 11) is -0.887. The third-order valence-corrected chi connectivity index (χ3v) is 6.42. The van der Waals surface area contributed by atoms with Gasteiger partial charge in [0.2, 0.25) is 0 Å². The minimum Gasteiger partial charge on any atom is -0.308 e. The number of rotatable bonds is 5. The van der Waals surface area contributed by atoms with Crippen molar-refractivity contribution in [2.75, 3.05) is 20.6 Å². The summed E-state index contributed by atoms with van der Waals surface area (Å²) in [4.78, 5) is 1.49. The molecule has 2 atom stereocenters. The standard InChI is InChI=1S/C16H17ClF3NO2S/c1-21(2)9-14(15-12(18)7-8-13(19)16(15)20)24(22,23)11-5-3-10(17)4-6-11/h3-5,7-8,11,14H,6,9H2,1-2H3. The molecule has 0 aliphatic heterocycles. The molecule has 1 aromatic rings. The smallest absolute Gasteiger partial charge is 0.166 e. The lowest BCUT2D eigenvalue weighted by molar-refractivity contribution is 0.387. The Labute approximate surface area is 144 Å². The molecule has 0 N–H and O–H groups in total. The molecule has 1 aliphatic rings. The van der Waals surface area contributed by atoms with E-state index in [1.54, 1.807) is 14.1 Å². The molecule has 8 heteroatoms. The van der Waals surface area contributed by atoms with Crippen LogP contribution in [0.4, 0.5) is 13.2 Å². The molecule has 24 heavy (non-hydrogen) atoms. The van der Waals surface area contributed by atoms with Crippen LogP contribution in [-0.4, -0.2) is 39.2 Å². The highest BCUT2D eigenvalue weighted by atomic mass is 35.5. The molecule has 0 saturated heterocycles. The molecule has 0 radical (unpaired) electrons. The van der Waals surface area contributed by atoms with E-state index < -0.39 is 43.4 Å². The van der Waals surface area contributed by atoms with Gasteiger partial charge in [0.15, 0.2) is 21.5 Å². The van der Waals surface area contributed by atoms with E-state index in [4.69, 9.17) is 11.6 Å². The van der Waals surface area contributed by atoms with Crippen LogP contribution in [0.25, 0.3) is 0 Å². The van der Waals surface area contributed by atoms with Gasteiger partial charge in [-0.15, -0.1) is 0 Å². The number of allylic oxidation sites excluding steroid dienone is 3. The number of halogens is 4. The highest BCUT2D eigenvalue weighted by Crippen LogP contribution is 2.34. The number of likely N-dealkylation sites (N-methyl/N-ethyl adjacent to an activating group) is 1. The zero-order valence-corrected chi connectivity index (χ0v) is 14.7. The normalized spacial score (nSPS) is 19.5. The molecular formula is C16H17ClF3NO2S. The van der Waals surface area contributed by atoms with Gasteiger partial charge in [-0.3, -0.25) is 0 Å². The average Bonchev–Trinajstić information content (AvgIpc) is 2.50. The van der Waals surface area contributed by atoms with Crippen LogP contribution in [0.15, 0.2) is 35.4 Å². The third kappa shape index (κ3) is 3.84. The molecule has 0 amide bonds. The highest BCUT2D eigenvalue weighted by Gasteiger charge is 2.38.